The number of aryl methyl sites for hydroxylation is 1. The topological polar surface area (TPSA) is 75.7 Å². The number of ether oxygens (including phenoxy) is 1. The third-order valence-electron chi connectivity index (χ3n) is 5.95. The average Bonchev–Trinajstić information content (AvgIpc) is 2.82. The quantitative estimate of drug-likeness (QED) is 0.311. The van der Waals surface area contributed by atoms with Gasteiger partial charge in [-0.15, -0.1) is 0 Å². The summed E-state index contributed by atoms with van der Waals surface area (Å²) in [5.74, 6) is -0.878. The lowest BCUT2D eigenvalue weighted by molar-refractivity contribution is -0.122. The van der Waals surface area contributed by atoms with Gasteiger partial charge in [0.2, 0.25) is 0 Å². The fraction of sp³-hybridized carbons (Fsp3) is 0.148. The zero-order valence-corrected chi connectivity index (χ0v) is 21.7. The Balaban J connectivity index is 1.73. The number of carbonyl (C=O) groups is 3. The van der Waals surface area contributed by atoms with Gasteiger partial charge in [0.05, 0.1) is 12.8 Å². The van der Waals surface area contributed by atoms with Crippen molar-refractivity contribution in [3.63, 3.8) is 0 Å². The summed E-state index contributed by atoms with van der Waals surface area (Å²) in [7, 11) is 1.55. The van der Waals surface area contributed by atoms with E-state index in [9.17, 15) is 14.4 Å². The van der Waals surface area contributed by atoms with Crippen LogP contribution in [0.2, 0.25) is 5.02 Å². The Labute approximate surface area is 216 Å². The largest absolute Gasteiger partial charge is 0.496 e. The molecule has 1 aliphatic rings. The number of hydrogen-bond donors (Lipinski definition) is 1. The Morgan fingerprint density at radius 3 is 2.51 bits per heavy atom. The number of carbonyl (C=O) groups excluding carboxylic acids is 3. The molecular formula is C27H22BrClN2O4. The second-order valence-electron chi connectivity index (χ2n) is 8.13. The lowest BCUT2D eigenvalue weighted by atomic mass is 10.00. The van der Waals surface area contributed by atoms with Crippen LogP contribution in [-0.2, 0) is 16.0 Å². The molecule has 1 aliphatic heterocycles. The number of amides is 4. The summed E-state index contributed by atoms with van der Waals surface area (Å²) in [6.07, 6.45) is 1.98. The molecule has 1 fully saturated rings. The molecular weight excluding hydrogens is 532 g/mol. The van der Waals surface area contributed by atoms with E-state index < -0.39 is 17.8 Å². The number of barbiturate groups is 1. The predicted octanol–water partition coefficient (Wildman–Crippen LogP) is 5.99. The number of urea groups is 1. The lowest BCUT2D eigenvalue weighted by Gasteiger charge is -2.28. The van der Waals surface area contributed by atoms with E-state index in [1.54, 1.807) is 31.4 Å². The summed E-state index contributed by atoms with van der Waals surface area (Å²) in [5.41, 5.74) is 4.34. The molecule has 0 unspecified atom stereocenters. The molecule has 1 heterocycles. The first-order chi connectivity index (χ1) is 16.7. The van der Waals surface area contributed by atoms with E-state index in [2.05, 4.69) is 21.2 Å². The van der Waals surface area contributed by atoms with Gasteiger partial charge in [0.15, 0.2) is 0 Å². The first-order valence-electron chi connectivity index (χ1n) is 10.8. The molecule has 3 aromatic rings. The number of rotatable bonds is 5. The van der Waals surface area contributed by atoms with Crippen molar-refractivity contribution in [1.29, 1.82) is 0 Å². The van der Waals surface area contributed by atoms with Gasteiger partial charge in [-0.2, -0.15) is 0 Å². The van der Waals surface area contributed by atoms with Gasteiger partial charge < -0.3 is 4.74 Å². The summed E-state index contributed by atoms with van der Waals surface area (Å²) in [6.45, 7) is 3.71. The molecule has 0 aromatic heterocycles. The standard InChI is InChI=1S/C27H22BrClN2O4/c1-15-7-6-10-23(16(15)2)31-26(33)20(25(32)30-27(31)34)11-17-12-21(28)19(24(13-17)35-3)14-18-8-4-5-9-22(18)29/h4-13H,14H2,1-3H3,(H,30,32,34)/b20-11+. The molecule has 0 spiro atoms. The lowest BCUT2D eigenvalue weighted by Crippen LogP contribution is -2.54. The number of nitrogens with one attached hydrogen (secondary N) is 1. The SMILES string of the molecule is COc1cc(/C=C2\C(=O)NC(=O)N(c3cccc(C)c3C)C2=O)cc(Br)c1Cc1ccccc1Cl. The van der Waals surface area contributed by atoms with Crippen LogP contribution >= 0.6 is 27.5 Å². The van der Waals surface area contributed by atoms with E-state index in [-0.39, 0.29) is 5.57 Å². The minimum Gasteiger partial charge on any atom is -0.496 e. The van der Waals surface area contributed by atoms with Crippen LogP contribution in [0.15, 0.2) is 64.6 Å². The van der Waals surface area contributed by atoms with E-state index in [1.807, 2.05) is 44.2 Å². The number of benzene rings is 3. The maximum absolute atomic E-state index is 13.3. The highest BCUT2D eigenvalue weighted by Gasteiger charge is 2.37. The van der Waals surface area contributed by atoms with Crippen LogP contribution in [0.3, 0.4) is 0 Å². The molecule has 0 bridgehead atoms. The molecule has 0 radical (unpaired) electrons. The molecule has 0 atom stereocenters. The van der Waals surface area contributed by atoms with E-state index in [4.69, 9.17) is 16.3 Å². The summed E-state index contributed by atoms with van der Waals surface area (Å²) in [5, 5.41) is 2.92. The first kappa shape index (κ1) is 24.7. The molecule has 0 saturated carbocycles. The average molecular weight is 554 g/mol. The van der Waals surface area contributed by atoms with E-state index in [0.29, 0.717) is 28.4 Å². The van der Waals surface area contributed by atoms with Crippen molar-refractivity contribution >= 4 is 57.1 Å². The van der Waals surface area contributed by atoms with Crippen LogP contribution in [0.25, 0.3) is 6.08 Å². The van der Waals surface area contributed by atoms with Gasteiger partial charge in [-0.05, 0) is 66.4 Å². The zero-order chi connectivity index (χ0) is 25.3. The number of imide groups is 2. The molecule has 6 nitrogen and oxygen atoms in total. The van der Waals surface area contributed by atoms with Crippen molar-refractivity contribution in [3.8, 4) is 5.75 Å². The van der Waals surface area contributed by atoms with Crippen molar-refractivity contribution in [2.75, 3.05) is 12.0 Å². The zero-order valence-electron chi connectivity index (χ0n) is 19.3. The Bertz CT molecular complexity index is 1400. The van der Waals surface area contributed by atoms with E-state index in [1.165, 1.54) is 6.08 Å². The van der Waals surface area contributed by atoms with Crippen LogP contribution < -0.4 is 15.0 Å². The second kappa shape index (κ2) is 10.1. The molecule has 4 rings (SSSR count). The molecule has 35 heavy (non-hydrogen) atoms. The molecule has 0 aliphatic carbocycles. The molecule has 3 aromatic carbocycles. The predicted molar refractivity (Wildman–Crippen MR) is 140 cm³/mol. The minimum atomic E-state index is -0.778. The van der Waals surface area contributed by atoms with Gasteiger partial charge in [-0.25, -0.2) is 9.69 Å². The number of nitrogens with zero attached hydrogens (tertiary/aromatic N) is 1. The Morgan fingerprint density at radius 2 is 1.80 bits per heavy atom. The fourth-order valence-corrected chi connectivity index (χ4v) is 4.72. The molecule has 1 N–H and O–H groups in total. The fourth-order valence-electron chi connectivity index (χ4n) is 3.92. The van der Waals surface area contributed by atoms with Crippen molar-refractivity contribution in [3.05, 3.63) is 97.5 Å². The van der Waals surface area contributed by atoms with Crippen molar-refractivity contribution < 1.29 is 19.1 Å². The third-order valence-corrected chi connectivity index (χ3v) is 7.03. The summed E-state index contributed by atoms with van der Waals surface area (Å²) in [6, 6.07) is 15.6. The van der Waals surface area contributed by atoms with Crippen LogP contribution in [0, 0.1) is 13.8 Å². The number of halogens is 2. The Hall–Kier alpha value is -3.42. The van der Waals surface area contributed by atoms with Gasteiger partial charge >= 0.3 is 6.03 Å². The van der Waals surface area contributed by atoms with Gasteiger partial charge in [-0.3, -0.25) is 14.9 Å². The second-order valence-corrected chi connectivity index (χ2v) is 9.39. The van der Waals surface area contributed by atoms with Crippen LogP contribution in [0.4, 0.5) is 10.5 Å². The van der Waals surface area contributed by atoms with Crippen LogP contribution in [-0.4, -0.2) is 25.0 Å². The summed E-state index contributed by atoms with van der Waals surface area (Å²) in [4.78, 5) is 39.5. The van der Waals surface area contributed by atoms with Crippen LogP contribution in [0.1, 0.15) is 27.8 Å². The molecule has 178 valence electrons. The normalized spacial score (nSPS) is 14.9. The maximum atomic E-state index is 13.3. The molecule has 1 saturated heterocycles. The number of methoxy groups -OCH3 is 1. The first-order valence-corrected chi connectivity index (χ1v) is 12.0. The van der Waals surface area contributed by atoms with E-state index >= 15 is 0 Å². The van der Waals surface area contributed by atoms with Crippen LogP contribution in [0.5, 0.6) is 5.75 Å². The number of hydrogen-bond acceptors (Lipinski definition) is 4. The Kier molecular flexibility index (Phi) is 7.10. The smallest absolute Gasteiger partial charge is 0.335 e. The molecule has 8 heteroatoms. The van der Waals surface area contributed by atoms with Crippen molar-refractivity contribution in [1.82, 2.24) is 5.32 Å². The monoisotopic (exact) mass is 552 g/mol. The highest BCUT2D eigenvalue weighted by Crippen LogP contribution is 2.34. The van der Waals surface area contributed by atoms with Gasteiger partial charge in [0.25, 0.3) is 11.8 Å². The number of anilines is 1. The highest BCUT2D eigenvalue weighted by atomic mass is 79.9. The van der Waals surface area contributed by atoms with Gasteiger partial charge in [-0.1, -0.05) is 57.9 Å². The van der Waals surface area contributed by atoms with Crippen molar-refractivity contribution in [2.45, 2.75) is 20.3 Å². The minimum absolute atomic E-state index is 0.154. The molecule has 4 amide bonds. The van der Waals surface area contributed by atoms with Crippen molar-refractivity contribution in [2.24, 2.45) is 0 Å². The summed E-state index contributed by atoms with van der Waals surface area (Å²) >= 11 is 9.92. The van der Waals surface area contributed by atoms with E-state index in [0.717, 1.165) is 31.6 Å². The van der Waals surface area contributed by atoms with Gasteiger partial charge in [0.1, 0.15) is 11.3 Å². The van der Waals surface area contributed by atoms with Gasteiger partial charge in [0, 0.05) is 21.5 Å². The Morgan fingerprint density at radius 1 is 1.06 bits per heavy atom. The maximum Gasteiger partial charge on any atom is 0.335 e. The summed E-state index contributed by atoms with van der Waals surface area (Å²) < 4.78 is 6.34. The third kappa shape index (κ3) is 4.88. The highest BCUT2D eigenvalue weighted by molar-refractivity contribution is 9.10.